The maximum atomic E-state index is 13.2. The van der Waals surface area contributed by atoms with E-state index in [0.29, 0.717) is 23.8 Å². The molecule has 0 fully saturated rings. The Labute approximate surface area is 143 Å². The van der Waals surface area contributed by atoms with Crippen LogP contribution in [0.5, 0.6) is 0 Å². The SMILES string of the molecule is CCOC1n2c(=O)c3cc4ccccc4cc3c(=O)n2CC[C@@]1(C)O. The Hall–Kier alpha value is -2.44. The van der Waals surface area contributed by atoms with Crippen molar-refractivity contribution in [3.63, 3.8) is 0 Å². The molecule has 4 rings (SSSR count). The molecule has 0 amide bonds. The summed E-state index contributed by atoms with van der Waals surface area (Å²) in [7, 11) is 0. The van der Waals surface area contributed by atoms with E-state index in [0.717, 1.165) is 10.8 Å². The molecule has 2 heterocycles. The van der Waals surface area contributed by atoms with Crippen LogP contribution in [0.4, 0.5) is 0 Å². The van der Waals surface area contributed by atoms with Gasteiger partial charge in [-0.1, -0.05) is 24.3 Å². The van der Waals surface area contributed by atoms with Crippen LogP contribution in [0.25, 0.3) is 21.5 Å². The van der Waals surface area contributed by atoms with E-state index in [9.17, 15) is 14.7 Å². The smallest absolute Gasteiger partial charge is 0.275 e. The molecule has 1 aliphatic rings. The Morgan fingerprint density at radius 2 is 1.76 bits per heavy atom. The molecule has 0 bridgehead atoms. The van der Waals surface area contributed by atoms with Gasteiger partial charge in [-0.15, -0.1) is 0 Å². The number of hydrogen-bond donors (Lipinski definition) is 1. The number of nitrogens with zero attached hydrogens (tertiary/aromatic N) is 2. The predicted octanol–water partition coefficient (Wildman–Crippen LogP) is 2.01. The van der Waals surface area contributed by atoms with E-state index in [1.807, 2.05) is 24.3 Å². The van der Waals surface area contributed by atoms with E-state index >= 15 is 0 Å². The maximum absolute atomic E-state index is 13.2. The summed E-state index contributed by atoms with van der Waals surface area (Å²) in [4.78, 5) is 26.2. The molecule has 1 unspecified atom stereocenters. The largest absolute Gasteiger partial charge is 0.385 e. The van der Waals surface area contributed by atoms with Gasteiger partial charge in [0.15, 0.2) is 6.23 Å². The summed E-state index contributed by atoms with van der Waals surface area (Å²) in [5.41, 5.74) is -1.77. The van der Waals surface area contributed by atoms with Crippen molar-refractivity contribution in [1.29, 1.82) is 0 Å². The molecule has 0 spiro atoms. The molecule has 1 aliphatic heterocycles. The lowest BCUT2D eigenvalue weighted by Crippen LogP contribution is -2.54. The molecule has 130 valence electrons. The lowest BCUT2D eigenvalue weighted by Gasteiger charge is -2.39. The molecule has 6 nitrogen and oxygen atoms in total. The summed E-state index contributed by atoms with van der Waals surface area (Å²) >= 11 is 0. The summed E-state index contributed by atoms with van der Waals surface area (Å²) < 4.78 is 8.33. The Bertz CT molecular complexity index is 1090. The molecule has 0 aliphatic carbocycles. The first-order chi connectivity index (χ1) is 11.9. The topological polar surface area (TPSA) is 73.5 Å². The molecule has 2 atom stereocenters. The fraction of sp³-hybridized carbons (Fsp3) is 0.368. The van der Waals surface area contributed by atoms with Crippen LogP contribution in [0.3, 0.4) is 0 Å². The first-order valence-electron chi connectivity index (χ1n) is 8.46. The average molecular weight is 340 g/mol. The summed E-state index contributed by atoms with van der Waals surface area (Å²) in [5, 5.41) is 13.2. The highest BCUT2D eigenvalue weighted by Gasteiger charge is 2.40. The summed E-state index contributed by atoms with van der Waals surface area (Å²) in [6, 6.07) is 11.1. The molecule has 0 saturated carbocycles. The third kappa shape index (κ3) is 2.33. The van der Waals surface area contributed by atoms with E-state index in [1.54, 1.807) is 26.0 Å². The fourth-order valence-electron chi connectivity index (χ4n) is 3.63. The molecule has 1 aromatic heterocycles. The average Bonchev–Trinajstić information content (AvgIpc) is 2.60. The van der Waals surface area contributed by atoms with Crippen molar-refractivity contribution >= 4 is 21.5 Å². The second-order valence-corrected chi connectivity index (χ2v) is 6.74. The van der Waals surface area contributed by atoms with Crippen LogP contribution < -0.4 is 11.1 Å². The number of ether oxygens (including phenoxy) is 1. The Balaban J connectivity index is 2.12. The minimum Gasteiger partial charge on any atom is -0.385 e. The molecule has 0 saturated heterocycles. The Morgan fingerprint density at radius 3 is 2.36 bits per heavy atom. The first-order valence-corrected chi connectivity index (χ1v) is 8.46. The number of benzene rings is 2. The number of aromatic nitrogens is 2. The second kappa shape index (κ2) is 5.54. The van der Waals surface area contributed by atoms with Gasteiger partial charge in [-0.25, -0.2) is 9.36 Å². The van der Waals surface area contributed by atoms with Gasteiger partial charge in [-0.3, -0.25) is 9.59 Å². The zero-order valence-electron chi connectivity index (χ0n) is 14.2. The van der Waals surface area contributed by atoms with Crippen molar-refractivity contribution in [3.05, 3.63) is 57.1 Å². The van der Waals surface area contributed by atoms with Crippen LogP contribution in [0.1, 0.15) is 26.5 Å². The molecule has 1 N–H and O–H groups in total. The van der Waals surface area contributed by atoms with Gasteiger partial charge in [0.25, 0.3) is 11.1 Å². The van der Waals surface area contributed by atoms with Gasteiger partial charge < -0.3 is 9.84 Å². The molecule has 0 radical (unpaired) electrons. The van der Waals surface area contributed by atoms with E-state index in [-0.39, 0.29) is 17.7 Å². The first kappa shape index (κ1) is 16.1. The minimum absolute atomic E-state index is 0.236. The molecule has 3 aromatic rings. The highest BCUT2D eigenvalue weighted by molar-refractivity contribution is 5.97. The Kier molecular flexibility index (Phi) is 3.56. The van der Waals surface area contributed by atoms with Crippen LogP contribution in [0.2, 0.25) is 0 Å². The normalized spacial score (nSPS) is 23.1. The highest BCUT2D eigenvalue weighted by atomic mass is 16.5. The minimum atomic E-state index is -1.21. The van der Waals surface area contributed by atoms with Gasteiger partial charge in [0.2, 0.25) is 0 Å². The molecule has 6 heteroatoms. The van der Waals surface area contributed by atoms with Crippen molar-refractivity contribution in [2.45, 2.75) is 38.6 Å². The third-order valence-electron chi connectivity index (χ3n) is 4.96. The predicted molar refractivity (Wildman–Crippen MR) is 95.9 cm³/mol. The van der Waals surface area contributed by atoms with Crippen LogP contribution in [-0.4, -0.2) is 26.7 Å². The van der Waals surface area contributed by atoms with Gasteiger partial charge in [0.05, 0.1) is 10.8 Å². The van der Waals surface area contributed by atoms with Gasteiger partial charge in [-0.2, -0.15) is 0 Å². The zero-order valence-corrected chi connectivity index (χ0v) is 14.2. The zero-order chi connectivity index (χ0) is 17.8. The maximum Gasteiger partial charge on any atom is 0.275 e. The van der Waals surface area contributed by atoms with Crippen molar-refractivity contribution in [2.75, 3.05) is 6.61 Å². The van der Waals surface area contributed by atoms with Crippen LogP contribution in [-0.2, 0) is 11.3 Å². The van der Waals surface area contributed by atoms with Gasteiger partial charge in [0, 0.05) is 13.2 Å². The van der Waals surface area contributed by atoms with Crippen LogP contribution >= 0.6 is 0 Å². The van der Waals surface area contributed by atoms with Crippen molar-refractivity contribution in [3.8, 4) is 0 Å². The van der Waals surface area contributed by atoms with Crippen molar-refractivity contribution in [1.82, 2.24) is 9.36 Å². The summed E-state index contributed by atoms with van der Waals surface area (Å²) in [6.45, 7) is 4.04. The lowest BCUT2D eigenvalue weighted by atomic mass is 9.97. The number of rotatable bonds is 2. The van der Waals surface area contributed by atoms with Crippen molar-refractivity contribution in [2.24, 2.45) is 0 Å². The monoisotopic (exact) mass is 340 g/mol. The molecular weight excluding hydrogens is 320 g/mol. The van der Waals surface area contributed by atoms with E-state index in [2.05, 4.69) is 0 Å². The lowest BCUT2D eigenvalue weighted by molar-refractivity contribution is -0.169. The highest BCUT2D eigenvalue weighted by Crippen LogP contribution is 2.30. The summed E-state index contributed by atoms with van der Waals surface area (Å²) in [6.07, 6.45) is -0.543. The van der Waals surface area contributed by atoms with E-state index in [1.165, 1.54) is 9.36 Å². The summed E-state index contributed by atoms with van der Waals surface area (Å²) in [5.74, 6) is 0. The number of aliphatic hydroxyl groups is 1. The molecule has 2 aromatic carbocycles. The van der Waals surface area contributed by atoms with Crippen LogP contribution in [0, 0.1) is 0 Å². The quantitative estimate of drug-likeness (QED) is 0.724. The standard InChI is InChI=1S/C19H20N2O4/c1-3-25-18-19(2,24)8-9-20-16(22)14-10-12-6-4-5-7-13(12)11-15(14)17(23)21(18)20/h4-7,10-11,18,24H,3,8-9H2,1-2H3/t18?,19-/m1/s1. The van der Waals surface area contributed by atoms with E-state index in [4.69, 9.17) is 4.74 Å². The third-order valence-corrected chi connectivity index (χ3v) is 4.96. The Morgan fingerprint density at radius 1 is 1.16 bits per heavy atom. The van der Waals surface area contributed by atoms with E-state index < -0.39 is 11.8 Å². The molecule has 25 heavy (non-hydrogen) atoms. The number of fused-ring (bicyclic) bond motifs is 3. The molecular formula is C19H20N2O4. The van der Waals surface area contributed by atoms with Crippen LogP contribution in [0.15, 0.2) is 46.0 Å². The van der Waals surface area contributed by atoms with Gasteiger partial charge >= 0.3 is 0 Å². The fourth-order valence-corrected chi connectivity index (χ4v) is 3.63. The van der Waals surface area contributed by atoms with Gasteiger partial charge in [-0.05, 0) is 43.2 Å². The van der Waals surface area contributed by atoms with Crippen molar-refractivity contribution < 1.29 is 9.84 Å². The van der Waals surface area contributed by atoms with Gasteiger partial charge in [0.1, 0.15) is 5.60 Å². The number of hydrogen-bond acceptors (Lipinski definition) is 4. The second-order valence-electron chi connectivity index (χ2n) is 6.74.